The summed E-state index contributed by atoms with van der Waals surface area (Å²) in [6.45, 7) is 11.8. The van der Waals surface area contributed by atoms with Gasteiger partial charge in [0.25, 0.3) is 0 Å². The van der Waals surface area contributed by atoms with Crippen LogP contribution in [0.25, 0.3) is 11.6 Å². The molecule has 13 heavy (non-hydrogen) atoms. The second kappa shape index (κ2) is 4.66. The lowest BCUT2D eigenvalue weighted by atomic mass is 10.00. The third kappa shape index (κ3) is 2.59. The number of hydrogen-bond donors (Lipinski definition) is 0. The first-order valence-electron chi connectivity index (χ1n) is 4.04. The molecule has 0 spiro atoms. The monoisotopic (exact) mass is 174 g/mol. The molecule has 0 heterocycles. The Morgan fingerprint density at radius 1 is 1.38 bits per heavy atom. The SMILES string of the molecule is C.C=Cc1ccc(C)cc1C(=C)C. The summed E-state index contributed by atoms with van der Waals surface area (Å²) in [5.41, 5.74) is 4.71. The van der Waals surface area contributed by atoms with Gasteiger partial charge in [0.2, 0.25) is 0 Å². The summed E-state index contributed by atoms with van der Waals surface area (Å²) in [6, 6.07) is 6.30. The molecular weight excluding hydrogens is 156 g/mol. The zero-order valence-electron chi connectivity index (χ0n) is 7.72. The van der Waals surface area contributed by atoms with Gasteiger partial charge in [-0.15, -0.1) is 0 Å². The van der Waals surface area contributed by atoms with Crippen LogP contribution in [0.1, 0.15) is 31.0 Å². The Hall–Kier alpha value is -1.30. The fourth-order valence-corrected chi connectivity index (χ4v) is 1.22. The molecule has 0 bridgehead atoms. The molecule has 0 saturated carbocycles. The van der Waals surface area contributed by atoms with Crippen LogP contribution in [-0.4, -0.2) is 0 Å². The van der Waals surface area contributed by atoms with Crippen LogP contribution < -0.4 is 0 Å². The minimum Gasteiger partial charge on any atom is -0.0984 e. The van der Waals surface area contributed by atoms with E-state index in [1.807, 2.05) is 13.0 Å². The van der Waals surface area contributed by atoms with Gasteiger partial charge in [-0.2, -0.15) is 0 Å². The molecule has 1 rings (SSSR count). The van der Waals surface area contributed by atoms with Gasteiger partial charge in [-0.3, -0.25) is 0 Å². The van der Waals surface area contributed by atoms with Gasteiger partial charge in [-0.05, 0) is 25.0 Å². The Morgan fingerprint density at radius 2 is 2.00 bits per heavy atom. The highest BCUT2D eigenvalue weighted by atomic mass is 14.0. The Balaban J connectivity index is 0.00000144. The molecule has 0 nitrogen and oxygen atoms in total. The maximum atomic E-state index is 3.93. The highest BCUT2D eigenvalue weighted by molar-refractivity contribution is 5.71. The molecule has 1 aromatic carbocycles. The first-order chi connectivity index (χ1) is 5.65. The van der Waals surface area contributed by atoms with Gasteiger partial charge < -0.3 is 0 Å². The highest BCUT2D eigenvalue weighted by Gasteiger charge is 1.98. The van der Waals surface area contributed by atoms with E-state index < -0.39 is 0 Å². The molecule has 0 fully saturated rings. The summed E-state index contributed by atoms with van der Waals surface area (Å²) >= 11 is 0. The first kappa shape index (κ1) is 11.7. The Labute approximate surface area is 81.6 Å². The number of benzene rings is 1. The van der Waals surface area contributed by atoms with Crippen LogP contribution in [0, 0.1) is 6.92 Å². The van der Waals surface area contributed by atoms with Crippen LogP contribution in [0.2, 0.25) is 0 Å². The van der Waals surface area contributed by atoms with E-state index in [9.17, 15) is 0 Å². The van der Waals surface area contributed by atoms with E-state index in [1.54, 1.807) is 0 Å². The summed E-state index contributed by atoms with van der Waals surface area (Å²) < 4.78 is 0. The van der Waals surface area contributed by atoms with E-state index in [1.165, 1.54) is 11.1 Å². The highest BCUT2D eigenvalue weighted by Crippen LogP contribution is 2.19. The van der Waals surface area contributed by atoms with Gasteiger partial charge in [0, 0.05) is 0 Å². The van der Waals surface area contributed by atoms with Gasteiger partial charge >= 0.3 is 0 Å². The van der Waals surface area contributed by atoms with Crippen molar-refractivity contribution in [2.45, 2.75) is 21.3 Å². The van der Waals surface area contributed by atoms with E-state index in [2.05, 4.69) is 38.3 Å². The summed E-state index contributed by atoms with van der Waals surface area (Å²) in [5.74, 6) is 0. The molecule has 0 aliphatic rings. The number of hydrogen-bond acceptors (Lipinski definition) is 0. The minimum absolute atomic E-state index is 0. The fraction of sp³-hybridized carbons (Fsp3) is 0.231. The number of aryl methyl sites for hydroxylation is 1. The zero-order chi connectivity index (χ0) is 9.14. The molecule has 0 unspecified atom stereocenters. The molecule has 0 aliphatic carbocycles. The lowest BCUT2D eigenvalue weighted by Crippen LogP contribution is -1.85. The van der Waals surface area contributed by atoms with Gasteiger partial charge in [0.1, 0.15) is 0 Å². The van der Waals surface area contributed by atoms with Crippen molar-refractivity contribution < 1.29 is 0 Å². The molecule has 0 aliphatic heterocycles. The second-order valence-electron chi connectivity index (χ2n) is 3.08. The van der Waals surface area contributed by atoms with Crippen molar-refractivity contribution in [3.63, 3.8) is 0 Å². The van der Waals surface area contributed by atoms with E-state index in [4.69, 9.17) is 0 Å². The van der Waals surface area contributed by atoms with Gasteiger partial charge in [0.15, 0.2) is 0 Å². The quantitative estimate of drug-likeness (QED) is 0.626. The van der Waals surface area contributed by atoms with Crippen LogP contribution in [-0.2, 0) is 0 Å². The average molecular weight is 174 g/mol. The van der Waals surface area contributed by atoms with Crippen LogP contribution >= 0.6 is 0 Å². The summed E-state index contributed by atoms with van der Waals surface area (Å²) in [7, 11) is 0. The lowest BCUT2D eigenvalue weighted by Gasteiger charge is -2.05. The molecule has 0 aromatic heterocycles. The second-order valence-corrected chi connectivity index (χ2v) is 3.08. The topological polar surface area (TPSA) is 0 Å². The number of rotatable bonds is 2. The van der Waals surface area contributed by atoms with Crippen molar-refractivity contribution in [1.29, 1.82) is 0 Å². The normalized spacial score (nSPS) is 8.77. The Bertz CT molecular complexity index is 319. The molecule has 0 radical (unpaired) electrons. The smallest absolute Gasteiger partial charge is 0.0158 e. The first-order valence-corrected chi connectivity index (χ1v) is 4.04. The summed E-state index contributed by atoms with van der Waals surface area (Å²) in [4.78, 5) is 0. The Kier molecular flexibility index (Phi) is 4.19. The predicted molar refractivity (Wildman–Crippen MR) is 62.7 cm³/mol. The standard InChI is InChI=1S/C12H14.CH4/c1-5-11-7-6-10(4)8-12(11)9(2)3;/h5-8H,1-2H2,3-4H3;1H4. The fourth-order valence-electron chi connectivity index (χ4n) is 1.22. The average Bonchev–Trinajstić information content (AvgIpc) is 2.04. The number of allylic oxidation sites excluding steroid dienone is 1. The van der Waals surface area contributed by atoms with Crippen molar-refractivity contribution in [3.8, 4) is 0 Å². The summed E-state index contributed by atoms with van der Waals surface area (Å²) in [6.07, 6.45) is 1.86. The molecular formula is C13H18. The molecule has 0 amide bonds. The molecule has 0 heteroatoms. The molecule has 0 saturated heterocycles. The van der Waals surface area contributed by atoms with Crippen LogP contribution in [0.4, 0.5) is 0 Å². The van der Waals surface area contributed by atoms with Crippen molar-refractivity contribution in [2.24, 2.45) is 0 Å². The molecule has 70 valence electrons. The lowest BCUT2D eigenvalue weighted by molar-refractivity contribution is 1.42. The van der Waals surface area contributed by atoms with E-state index >= 15 is 0 Å². The third-order valence-corrected chi connectivity index (χ3v) is 1.89. The van der Waals surface area contributed by atoms with Gasteiger partial charge in [0.05, 0.1) is 0 Å². The molecule has 1 aromatic rings. The maximum Gasteiger partial charge on any atom is -0.0158 e. The van der Waals surface area contributed by atoms with Crippen LogP contribution in [0.5, 0.6) is 0 Å². The Morgan fingerprint density at radius 3 is 2.46 bits per heavy atom. The summed E-state index contributed by atoms with van der Waals surface area (Å²) in [5, 5.41) is 0. The van der Waals surface area contributed by atoms with E-state index in [0.29, 0.717) is 0 Å². The van der Waals surface area contributed by atoms with Crippen LogP contribution in [0.3, 0.4) is 0 Å². The largest absolute Gasteiger partial charge is 0.0984 e. The van der Waals surface area contributed by atoms with Crippen molar-refractivity contribution in [3.05, 3.63) is 48.0 Å². The van der Waals surface area contributed by atoms with Crippen molar-refractivity contribution >= 4 is 11.6 Å². The van der Waals surface area contributed by atoms with Gasteiger partial charge in [-0.1, -0.05) is 56.0 Å². The maximum absolute atomic E-state index is 3.93. The predicted octanol–water partition coefficient (Wildman–Crippen LogP) is 4.31. The van der Waals surface area contributed by atoms with Crippen LogP contribution in [0.15, 0.2) is 31.4 Å². The van der Waals surface area contributed by atoms with Gasteiger partial charge in [-0.25, -0.2) is 0 Å². The third-order valence-electron chi connectivity index (χ3n) is 1.89. The molecule has 0 N–H and O–H groups in total. The van der Waals surface area contributed by atoms with Crippen molar-refractivity contribution in [2.75, 3.05) is 0 Å². The minimum atomic E-state index is 0. The van der Waals surface area contributed by atoms with Crippen molar-refractivity contribution in [1.82, 2.24) is 0 Å². The van der Waals surface area contributed by atoms with E-state index in [-0.39, 0.29) is 7.43 Å². The van der Waals surface area contributed by atoms with E-state index in [0.717, 1.165) is 11.1 Å². The molecule has 0 atom stereocenters. The zero-order valence-corrected chi connectivity index (χ0v) is 7.72.